The molecule has 1 aliphatic rings. The van der Waals surface area contributed by atoms with Gasteiger partial charge in [0.15, 0.2) is 0 Å². The lowest BCUT2D eigenvalue weighted by Gasteiger charge is -2.14. The van der Waals surface area contributed by atoms with Crippen LogP contribution in [0.25, 0.3) is 0 Å². The second-order valence-electron chi connectivity index (χ2n) is 3.99. The molecule has 0 amide bonds. The summed E-state index contributed by atoms with van der Waals surface area (Å²) in [5.41, 5.74) is 1.22. The number of benzene rings is 1. The predicted octanol–water partition coefficient (Wildman–Crippen LogP) is 2.66. The number of halogens is 1. The number of nitrogens with one attached hydrogen (secondary N) is 1. The van der Waals surface area contributed by atoms with Gasteiger partial charge in [-0.2, -0.15) is 5.26 Å². The average Bonchev–Trinajstić information content (AvgIpc) is 2.87. The Kier molecular flexibility index (Phi) is 1.92. The van der Waals surface area contributed by atoms with Crippen molar-refractivity contribution in [3.8, 4) is 6.07 Å². The van der Waals surface area contributed by atoms with Crippen LogP contribution in [0.5, 0.6) is 0 Å². The lowest BCUT2D eigenvalue weighted by atomic mass is 10.1. The zero-order chi connectivity index (χ0) is 10.2. The van der Waals surface area contributed by atoms with Crippen LogP contribution in [0.2, 0.25) is 0 Å². The van der Waals surface area contributed by atoms with E-state index in [0.29, 0.717) is 5.56 Å². The lowest BCUT2D eigenvalue weighted by molar-refractivity contribution is 0.627. The first-order chi connectivity index (χ1) is 6.63. The highest BCUT2D eigenvalue weighted by Gasteiger charge is 2.37. The first-order valence-corrected chi connectivity index (χ1v) is 4.61. The summed E-state index contributed by atoms with van der Waals surface area (Å²) in [5, 5.41) is 12.1. The summed E-state index contributed by atoms with van der Waals surface area (Å²) in [7, 11) is 0. The van der Waals surface area contributed by atoms with Crippen LogP contribution in [0.4, 0.5) is 10.1 Å². The maximum Gasteiger partial charge on any atom is 0.124 e. The number of anilines is 1. The molecule has 1 N–H and O–H groups in total. The summed E-state index contributed by atoms with van der Waals surface area (Å²) < 4.78 is 12.8. The summed E-state index contributed by atoms with van der Waals surface area (Å²) >= 11 is 0. The Morgan fingerprint density at radius 1 is 1.50 bits per heavy atom. The van der Waals surface area contributed by atoms with Gasteiger partial charge in [0, 0.05) is 5.54 Å². The fourth-order valence-corrected chi connectivity index (χ4v) is 1.36. The Morgan fingerprint density at radius 2 is 2.21 bits per heavy atom. The van der Waals surface area contributed by atoms with Gasteiger partial charge < -0.3 is 5.32 Å². The molecule has 0 unspecified atom stereocenters. The van der Waals surface area contributed by atoms with Gasteiger partial charge in [-0.05, 0) is 38.0 Å². The molecule has 0 atom stereocenters. The Balaban J connectivity index is 2.29. The highest BCUT2D eigenvalue weighted by atomic mass is 19.1. The van der Waals surface area contributed by atoms with E-state index in [2.05, 4.69) is 12.2 Å². The fourth-order valence-electron chi connectivity index (χ4n) is 1.36. The number of rotatable bonds is 2. The van der Waals surface area contributed by atoms with Crippen LogP contribution in [0.1, 0.15) is 25.3 Å². The molecule has 1 fully saturated rings. The Bertz CT molecular complexity index is 402. The monoisotopic (exact) mass is 190 g/mol. The average molecular weight is 190 g/mol. The number of nitriles is 1. The normalized spacial score (nSPS) is 17.2. The van der Waals surface area contributed by atoms with E-state index in [0.717, 1.165) is 18.5 Å². The van der Waals surface area contributed by atoms with Crippen molar-refractivity contribution in [2.45, 2.75) is 25.3 Å². The van der Waals surface area contributed by atoms with Crippen molar-refractivity contribution in [2.75, 3.05) is 5.32 Å². The van der Waals surface area contributed by atoms with E-state index < -0.39 is 0 Å². The van der Waals surface area contributed by atoms with Gasteiger partial charge in [0.05, 0.1) is 11.3 Å². The minimum Gasteiger partial charge on any atom is -0.379 e. The minimum absolute atomic E-state index is 0.115. The maximum absolute atomic E-state index is 12.8. The highest BCUT2D eigenvalue weighted by Crippen LogP contribution is 2.38. The zero-order valence-electron chi connectivity index (χ0n) is 7.97. The number of nitrogens with zero attached hydrogens (tertiary/aromatic N) is 1. The van der Waals surface area contributed by atoms with Crippen LogP contribution >= 0.6 is 0 Å². The van der Waals surface area contributed by atoms with Gasteiger partial charge in [0.25, 0.3) is 0 Å². The van der Waals surface area contributed by atoms with Crippen molar-refractivity contribution in [3.05, 3.63) is 29.6 Å². The molecule has 0 radical (unpaired) electrons. The van der Waals surface area contributed by atoms with Gasteiger partial charge in [-0.25, -0.2) is 4.39 Å². The molecule has 1 aliphatic carbocycles. The fraction of sp³-hybridized carbons (Fsp3) is 0.364. The molecule has 2 rings (SSSR count). The van der Waals surface area contributed by atoms with Crippen LogP contribution in [0, 0.1) is 17.1 Å². The third kappa shape index (κ3) is 1.69. The van der Waals surface area contributed by atoms with E-state index in [1.165, 1.54) is 12.1 Å². The summed E-state index contributed by atoms with van der Waals surface area (Å²) in [6.07, 6.45) is 2.21. The third-order valence-corrected chi connectivity index (χ3v) is 2.54. The maximum atomic E-state index is 12.8. The SMILES string of the molecule is CC1(Nc2ccc(F)cc2C#N)CC1. The second kappa shape index (κ2) is 2.98. The van der Waals surface area contributed by atoms with Crippen LogP contribution < -0.4 is 5.32 Å². The molecule has 0 spiro atoms. The second-order valence-corrected chi connectivity index (χ2v) is 3.99. The van der Waals surface area contributed by atoms with Crippen LogP contribution in [-0.4, -0.2) is 5.54 Å². The van der Waals surface area contributed by atoms with E-state index in [1.54, 1.807) is 6.07 Å². The lowest BCUT2D eigenvalue weighted by Crippen LogP contribution is -2.16. The van der Waals surface area contributed by atoms with E-state index in [4.69, 9.17) is 5.26 Å². The molecule has 0 bridgehead atoms. The molecule has 0 heterocycles. The minimum atomic E-state index is -0.368. The van der Waals surface area contributed by atoms with Crippen molar-refractivity contribution >= 4 is 5.69 Å². The van der Waals surface area contributed by atoms with Gasteiger partial charge in [-0.15, -0.1) is 0 Å². The van der Waals surface area contributed by atoms with Crippen molar-refractivity contribution in [1.29, 1.82) is 5.26 Å². The van der Waals surface area contributed by atoms with Gasteiger partial charge in [0.2, 0.25) is 0 Å². The molecule has 0 saturated heterocycles. The smallest absolute Gasteiger partial charge is 0.124 e. The molecule has 1 aromatic rings. The molecular formula is C11H11FN2. The molecule has 0 aliphatic heterocycles. The van der Waals surface area contributed by atoms with Crippen molar-refractivity contribution in [3.63, 3.8) is 0 Å². The summed E-state index contributed by atoms with van der Waals surface area (Å²) in [6, 6.07) is 6.23. The van der Waals surface area contributed by atoms with Gasteiger partial charge in [-0.3, -0.25) is 0 Å². The zero-order valence-corrected chi connectivity index (χ0v) is 7.97. The molecule has 0 aromatic heterocycles. The van der Waals surface area contributed by atoms with E-state index >= 15 is 0 Å². The Morgan fingerprint density at radius 3 is 2.79 bits per heavy atom. The van der Waals surface area contributed by atoms with Crippen LogP contribution in [0.15, 0.2) is 18.2 Å². The summed E-state index contributed by atoms with van der Waals surface area (Å²) in [5.74, 6) is -0.368. The first kappa shape index (κ1) is 9.01. The van der Waals surface area contributed by atoms with Gasteiger partial charge in [0.1, 0.15) is 11.9 Å². The van der Waals surface area contributed by atoms with Crippen molar-refractivity contribution in [2.24, 2.45) is 0 Å². The third-order valence-electron chi connectivity index (χ3n) is 2.54. The van der Waals surface area contributed by atoms with Gasteiger partial charge >= 0.3 is 0 Å². The topological polar surface area (TPSA) is 35.8 Å². The van der Waals surface area contributed by atoms with Gasteiger partial charge in [-0.1, -0.05) is 0 Å². The standard InChI is InChI=1S/C11H11FN2/c1-11(4-5-11)14-10-3-2-9(12)6-8(10)7-13/h2-3,6,14H,4-5H2,1H3. The number of hydrogen-bond acceptors (Lipinski definition) is 2. The summed E-state index contributed by atoms with van der Waals surface area (Å²) in [4.78, 5) is 0. The molecule has 14 heavy (non-hydrogen) atoms. The molecule has 1 saturated carbocycles. The molecule has 1 aromatic carbocycles. The van der Waals surface area contributed by atoms with E-state index in [-0.39, 0.29) is 11.4 Å². The Hall–Kier alpha value is -1.56. The van der Waals surface area contributed by atoms with E-state index in [1.807, 2.05) is 6.07 Å². The predicted molar refractivity (Wildman–Crippen MR) is 52.4 cm³/mol. The van der Waals surface area contributed by atoms with Crippen LogP contribution in [-0.2, 0) is 0 Å². The summed E-state index contributed by atoms with van der Waals surface area (Å²) in [6.45, 7) is 2.09. The first-order valence-electron chi connectivity index (χ1n) is 4.61. The van der Waals surface area contributed by atoms with Crippen molar-refractivity contribution in [1.82, 2.24) is 0 Å². The highest BCUT2D eigenvalue weighted by molar-refractivity contribution is 5.59. The van der Waals surface area contributed by atoms with E-state index in [9.17, 15) is 4.39 Å². The molecule has 72 valence electrons. The Labute approximate surface area is 82.4 Å². The van der Waals surface area contributed by atoms with Crippen LogP contribution in [0.3, 0.4) is 0 Å². The van der Waals surface area contributed by atoms with Crippen molar-refractivity contribution < 1.29 is 4.39 Å². The molecular weight excluding hydrogens is 179 g/mol. The molecule has 3 heteroatoms. The quantitative estimate of drug-likeness (QED) is 0.778. The molecule has 2 nitrogen and oxygen atoms in total. The largest absolute Gasteiger partial charge is 0.379 e. The number of hydrogen-bond donors (Lipinski definition) is 1.